The van der Waals surface area contributed by atoms with Gasteiger partial charge in [0.15, 0.2) is 0 Å². The van der Waals surface area contributed by atoms with Crippen molar-refractivity contribution in [1.82, 2.24) is 19.9 Å². The Labute approximate surface area is 145 Å². The maximum atomic E-state index is 12.2. The van der Waals surface area contributed by atoms with Crippen molar-refractivity contribution in [1.29, 1.82) is 0 Å². The van der Waals surface area contributed by atoms with Gasteiger partial charge in [0.2, 0.25) is 5.91 Å². The van der Waals surface area contributed by atoms with Crippen LogP contribution in [0.15, 0.2) is 49.1 Å². The van der Waals surface area contributed by atoms with E-state index in [4.69, 9.17) is 0 Å². The van der Waals surface area contributed by atoms with E-state index in [0.29, 0.717) is 12.4 Å². The average molecular weight is 333 g/mol. The smallest absolute Gasteiger partial charge is 0.239 e. The third-order valence-electron chi connectivity index (χ3n) is 4.40. The fourth-order valence-electron chi connectivity index (χ4n) is 3.12. The van der Waals surface area contributed by atoms with E-state index in [0.717, 1.165) is 35.1 Å². The number of anilines is 1. The van der Waals surface area contributed by atoms with E-state index < -0.39 is 0 Å². The topological polar surface area (TPSA) is 71.0 Å². The first-order chi connectivity index (χ1) is 12.3. The Balaban J connectivity index is 1.55. The fraction of sp³-hybridized carbons (Fsp3) is 0.263. The molecule has 0 spiro atoms. The van der Waals surface area contributed by atoms with Crippen LogP contribution in [0.2, 0.25) is 0 Å². The van der Waals surface area contributed by atoms with Crippen molar-refractivity contribution in [2.24, 2.45) is 0 Å². The van der Waals surface area contributed by atoms with Crippen molar-refractivity contribution in [3.8, 4) is 11.1 Å². The molecule has 0 radical (unpaired) electrons. The molecule has 0 bridgehead atoms. The van der Waals surface area contributed by atoms with Gasteiger partial charge in [-0.25, -0.2) is 4.98 Å². The van der Waals surface area contributed by atoms with Crippen molar-refractivity contribution in [2.45, 2.75) is 12.8 Å². The van der Waals surface area contributed by atoms with Crippen LogP contribution in [0.1, 0.15) is 12.8 Å². The average Bonchev–Trinajstić information content (AvgIpc) is 3.14. The molecule has 4 heterocycles. The number of pyridine rings is 3. The molecular formula is C19H19N5O. The van der Waals surface area contributed by atoms with E-state index in [1.807, 2.05) is 36.7 Å². The molecule has 0 aromatic carbocycles. The maximum absolute atomic E-state index is 12.2. The maximum Gasteiger partial charge on any atom is 0.239 e. The van der Waals surface area contributed by atoms with Crippen molar-refractivity contribution >= 4 is 22.6 Å². The van der Waals surface area contributed by atoms with Crippen molar-refractivity contribution < 1.29 is 4.79 Å². The second kappa shape index (κ2) is 6.94. The van der Waals surface area contributed by atoms with Gasteiger partial charge in [0.25, 0.3) is 0 Å². The molecule has 1 aliphatic rings. The van der Waals surface area contributed by atoms with Crippen molar-refractivity contribution in [2.75, 3.05) is 25.0 Å². The fourth-order valence-corrected chi connectivity index (χ4v) is 3.12. The lowest BCUT2D eigenvalue weighted by molar-refractivity contribution is -0.117. The van der Waals surface area contributed by atoms with Crippen molar-refractivity contribution in [3.05, 3.63) is 49.1 Å². The highest BCUT2D eigenvalue weighted by atomic mass is 16.2. The van der Waals surface area contributed by atoms with Crippen LogP contribution in [0.3, 0.4) is 0 Å². The van der Waals surface area contributed by atoms with Gasteiger partial charge in [-0.15, -0.1) is 0 Å². The van der Waals surface area contributed by atoms with Gasteiger partial charge in [-0.1, -0.05) is 6.07 Å². The Kier molecular flexibility index (Phi) is 4.35. The van der Waals surface area contributed by atoms with Crippen LogP contribution >= 0.6 is 0 Å². The highest BCUT2D eigenvalue weighted by Gasteiger charge is 2.15. The van der Waals surface area contributed by atoms with E-state index >= 15 is 0 Å². The Bertz CT molecular complexity index is 891. The van der Waals surface area contributed by atoms with E-state index in [2.05, 4.69) is 25.2 Å². The van der Waals surface area contributed by atoms with Gasteiger partial charge >= 0.3 is 0 Å². The minimum absolute atomic E-state index is 0.0230. The normalized spacial score (nSPS) is 14.7. The minimum atomic E-state index is -0.0230. The molecule has 1 aliphatic heterocycles. The molecule has 3 aromatic rings. The molecule has 0 unspecified atom stereocenters. The van der Waals surface area contributed by atoms with Gasteiger partial charge in [-0.3, -0.25) is 19.7 Å². The standard InChI is InChI=1S/C19H19N5O/c25-19(13-24-6-1-2-7-24)23-18-9-15-8-16(11-21-17(15)12-22-18)14-4-3-5-20-10-14/h3-5,8-12H,1-2,6-7,13H2,(H,22,23,25). The predicted molar refractivity (Wildman–Crippen MR) is 97.1 cm³/mol. The summed E-state index contributed by atoms with van der Waals surface area (Å²) in [6.07, 6.45) is 9.40. The van der Waals surface area contributed by atoms with E-state index in [1.54, 1.807) is 12.4 Å². The number of rotatable bonds is 4. The SMILES string of the molecule is O=C(CN1CCCC1)Nc1cc2cc(-c3cccnc3)cnc2cn1. The highest BCUT2D eigenvalue weighted by molar-refractivity contribution is 5.93. The van der Waals surface area contributed by atoms with Crippen LogP contribution in [0.5, 0.6) is 0 Å². The Morgan fingerprint density at radius 3 is 2.76 bits per heavy atom. The zero-order valence-electron chi connectivity index (χ0n) is 13.9. The van der Waals surface area contributed by atoms with Crippen LogP contribution in [0, 0.1) is 0 Å². The molecule has 6 nitrogen and oxygen atoms in total. The number of carbonyl (C=O) groups excluding carboxylic acids is 1. The number of nitrogens with one attached hydrogen (secondary N) is 1. The molecule has 1 saturated heterocycles. The number of hydrogen-bond donors (Lipinski definition) is 1. The molecule has 126 valence electrons. The number of fused-ring (bicyclic) bond motifs is 1. The zero-order valence-corrected chi connectivity index (χ0v) is 13.9. The molecule has 4 rings (SSSR count). The lowest BCUT2D eigenvalue weighted by Crippen LogP contribution is -2.31. The first-order valence-corrected chi connectivity index (χ1v) is 8.46. The molecule has 3 aromatic heterocycles. The molecule has 1 fully saturated rings. The molecular weight excluding hydrogens is 314 g/mol. The second-order valence-corrected chi connectivity index (χ2v) is 6.26. The minimum Gasteiger partial charge on any atom is -0.310 e. The summed E-state index contributed by atoms with van der Waals surface area (Å²) in [6.45, 7) is 2.42. The number of aromatic nitrogens is 3. The lowest BCUT2D eigenvalue weighted by Gasteiger charge is -2.13. The summed E-state index contributed by atoms with van der Waals surface area (Å²) in [4.78, 5) is 27.2. The number of carbonyl (C=O) groups is 1. The van der Waals surface area contributed by atoms with E-state index in [1.165, 1.54) is 12.8 Å². The Morgan fingerprint density at radius 1 is 1.08 bits per heavy atom. The van der Waals surface area contributed by atoms with Gasteiger partial charge in [0, 0.05) is 35.1 Å². The molecule has 25 heavy (non-hydrogen) atoms. The number of amides is 1. The monoisotopic (exact) mass is 333 g/mol. The first kappa shape index (κ1) is 15.7. The van der Waals surface area contributed by atoms with Crippen molar-refractivity contribution in [3.63, 3.8) is 0 Å². The van der Waals surface area contributed by atoms with Crippen LogP contribution in [-0.4, -0.2) is 45.4 Å². The van der Waals surface area contributed by atoms with E-state index in [-0.39, 0.29) is 5.91 Å². The molecule has 0 saturated carbocycles. The highest BCUT2D eigenvalue weighted by Crippen LogP contribution is 2.23. The van der Waals surface area contributed by atoms with Gasteiger partial charge in [-0.2, -0.15) is 0 Å². The molecule has 1 N–H and O–H groups in total. The predicted octanol–water partition coefficient (Wildman–Crippen LogP) is 2.73. The summed E-state index contributed by atoms with van der Waals surface area (Å²) in [5, 5.41) is 3.83. The summed E-state index contributed by atoms with van der Waals surface area (Å²) in [7, 11) is 0. The molecule has 1 amide bonds. The largest absolute Gasteiger partial charge is 0.310 e. The Hall–Kier alpha value is -2.86. The van der Waals surface area contributed by atoms with E-state index in [9.17, 15) is 4.79 Å². The molecule has 0 atom stereocenters. The third kappa shape index (κ3) is 3.64. The van der Waals surface area contributed by atoms with Gasteiger partial charge in [0.1, 0.15) is 5.82 Å². The first-order valence-electron chi connectivity index (χ1n) is 8.46. The summed E-state index contributed by atoms with van der Waals surface area (Å²) < 4.78 is 0. The van der Waals surface area contributed by atoms with Crippen LogP contribution in [-0.2, 0) is 4.79 Å². The second-order valence-electron chi connectivity index (χ2n) is 6.26. The summed E-state index contributed by atoms with van der Waals surface area (Å²) in [6, 6.07) is 7.80. The van der Waals surface area contributed by atoms with Gasteiger partial charge in [0.05, 0.1) is 18.3 Å². The number of likely N-dealkylation sites (tertiary alicyclic amines) is 1. The third-order valence-corrected chi connectivity index (χ3v) is 4.40. The number of hydrogen-bond acceptors (Lipinski definition) is 5. The van der Waals surface area contributed by atoms with Crippen LogP contribution in [0.25, 0.3) is 22.0 Å². The summed E-state index contributed by atoms with van der Waals surface area (Å²) in [5.74, 6) is 0.534. The van der Waals surface area contributed by atoms with Gasteiger partial charge < -0.3 is 5.32 Å². The van der Waals surface area contributed by atoms with Crippen LogP contribution < -0.4 is 5.32 Å². The lowest BCUT2D eigenvalue weighted by atomic mass is 10.1. The number of nitrogens with zero attached hydrogens (tertiary/aromatic N) is 4. The van der Waals surface area contributed by atoms with Gasteiger partial charge in [-0.05, 0) is 44.1 Å². The molecule has 6 heteroatoms. The van der Waals surface area contributed by atoms with Crippen LogP contribution in [0.4, 0.5) is 5.82 Å². The zero-order chi connectivity index (χ0) is 17.1. The summed E-state index contributed by atoms with van der Waals surface area (Å²) >= 11 is 0. The summed E-state index contributed by atoms with van der Waals surface area (Å²) in [5.41, 5.74) is 2.79. The quantitative estimate of drug-likeness (QED) is 0.795. The Morgan fingerprint density at radius 2 is 1.96 bits per heavy atom. The molecule has 0 aliphatic carbocycles.